The Labute approximate surface area is 158 Å². The number of alkyl halides is 4. The third-order valence-electron chi connectivity index (χ3n) is 3.68. The van der Waals surface area contributed by atoms with E-state index in [1.54, 1.807) is 0 Å². The van der Waals surface area contributed by atoms with Crippen LogP contribution in [0.3, 0.4) is 0 Å². The third-order valence-corrected chi connectivity index (χ3v) is 3.68. The van der Waals surface area contributed by atoms with E-state index in [4.69, 9.17) is 9.47 Å². The molecule has 1 aliphatic heterocycles. The molecule has 29 heavy (non-hydrogen) atoms. The van der Waals surface area contributed by atoms with Crippen molar-refractivity contribution >= 4 is 17.8 Å². The fourth-order valence-electron chi connectivity index (χ4n) is 2.41. The lowest BCUT2D eigenvalue weighted by Gasteiger charge is -2.05. The van der Waals surface area contributed by atoms with E-state index in [1.807, 2.05) is 5.43 Å². The number of nitro groups is 1. The normalized spacial score (nSPS) is 12.9. The number of fused-ring (bicyclic) bond motifs is 1. The topological polar surface area (TPSA) is 121 Å². The SMILES string of the molecule is O=C(Cn1nc(C(F)F)cc1C(F)F)NN=Cc1cc2c(cc1[N+](=O)[O-])OCO2. The summed E-state index contributed by atoms with van der Waals surface area (Å²) in [5, 5.41) is 17.9. The van der Waals surface area contributed by atoms with E-state index in [0.717, 1.165) is 12.3 Å². The average molecular weight is 417 g/mol. The molecule has 0 saturated heterocycles. The number of amides is 1. The Morgan fingerprint density at radius 2 is 1.97 bits per heavy atom. The summed E-state index contributed by atoms with van der Waals surface area (Å²) in [6.07, 6.45) is -5.26. The van der Waals surface area contributed by atoms with Gasteiger partial charge in [0.2, 0.25) is 6.79 Å². The van der Waals surface area contributed by atoms with Gasteiger partial charge in [0.15, 0.2) is 11.5 Å². The number of nitrogens with one attached hydrogen (secondary N) is 1. The molecule has 0 aliphatic carbocycles. The first-order valence-corrected chi connectivity index (χ1v) is 7.80. The highest BCUT2D eigenvalue weighted by atomic mass is 19.3. The number of nitrogens with zero attached hydrogens (tertiary/aromatic N) is 4. The minimum Gasteiger partial charge on any atom is -0.454 e. The molecule has 1 aliphatic rings. The van der Waals surface area contributed by atoms with Crippen LogP contribution in [0, 0.1) is 10.1 Å². The lowest BCUT2D eigenvalue weighted by Crippen LogP contribution is -2.25. The first kappa shape index (κ1) is 20.0. The number of nitro benzene ring substituents is 1. The lowest BCUT2D eigenvalue weighted by molar-refractivity contribution is -0.385. The molecule has 0 bridgehead atoms. The van der Waals surface area contributed by atoms with Gasteiger partial charge in [0, 0.05) is 0 Å². The van der Waals surface area contributed by atoms with E-state index in [1.165, 1.54) is 6.07 Å². The first-order chi connectivity index (χ1) is 13.8. The van der Waals surface area contributed by atoms with Crippen molar-refractivity contribution in [3.05, 3.63) is 45.3 Å². The van der Waals surface area contributed by atoms with Gasteiger partial charge in [-0.3, -0.25) is 19.6 Å². The van der Waals surface area contributed by atoms with Gasteiger partial charge in [-0.05, 0) is 12.1 Å². The molecule has 0 spiro atoms. The molecule has 1 aromatic heterocycles. The zero-order chi connectivity index (χ0) is 21.1. The van der Waals surface area contributed by atoms with Crippen molar-refractivity contribution < 1.29 is 36.8 Å². The summed E-state index contributed by atoms with van der Waals surface area (Å²) in [5.74, 6) is -0.553. The van der Waals surface area contributed by atoms with Crippen molar-refractivity contribution in [1.82, 2.24) is 15.2 Å². The molecule has 2 aromatic rings. The number of rotatable bonds is 7. The number of halogens is 4. The van der Waals surface area contributed by atoms with Crippen LogP contribution in [-0.4, -0.2) is 33.6 Å². The summed E-state index contributed by atoms with van der Waals surface area (Å²) in [7, 11) is 0. The second-order valence-corrected chi connectivity index (χ2v) is 5.57. The van der Waals surface area contributed by atoms with Crippen LogP contribution in [0.25, 0.3) is 0 Å². The molecule has 1 amide bonds. The molecular formula is C15H11F4N5O5. The summed E-state index contributed by atoms with van der Waals surface area (Å²) in [6.45, 7) is -0.923. The van der Waals surface area contributed by atoms with Crippen molar-refractivity contribution in [2.24, 2.45) is 5.10 Å². The fourth-order valence-corrected chi connectivity index (χ4v) is 2.41. The van der Waals surface area contributed by atoms with E-state index in [9.17, 15) is 32.5 Å². The number of ether oxygens (including phenoxy) is 2. The van der Waals surface area contributed by atoms with Gasteiger partial charge in [0.05, 0.1) is 22.8 Å². The average Bonchev–Trinajstić information content (AvgIpc) is 3.27. The van der Waals surface area contributed by atoms with Crippen LogP contribution in [0.4, 0.5) is 23.2 Å². The molecule has 154 valence electrons. The predicted octanol–water partition coefficient (Wildman–Crippen LogP) is 2.55. The van der Waals surface area contributed by atoms with Gasteiger partial charge < -0.3 is 9.47 Å². The molecule has 14 heteroatoms. The molecule has 10 nitrogen and oxygen atoms in total. The number of hydrogen-bond donors (Lipinski definition) is 1. The standard InChI is InChI=1S/C15H11F4N5O5/c16-14(17)8-2-10(15(18)19)23(22-8)5-13(25)21-20-4-7-1-11-12(29-6-28-11)3-9(7)24(26)27/h1-4,14-15H,5-6H2,(H,21,25). The smallest absolute Gasteiger partial charge is 0.282 e. The van der Waals surface area contributed by atoms with Crippen molar-refractivity contribution in [2.75, 3.05) is 6.79 Å². The summed E-state index contributed by atoms with van der Waals surface area (Å²) >= 11 is 0. The number of carbonyl (C=O) groups is 1. The maximum Gasteiger partial charge on any atom is 0.282 e. The van der Waals surface area contributed by atoms with Crippen LogP contribution in [0.15, 0.2) is 23.3 Å². The number of aromatic nitrogens is 2. The third kappa shape index (κ3) is 4.41. The Kier molecular flexibility index (Phi) is 5.61. The second-order valence-electron chi connectivity index (χ2n) is 5.57. The minimum absolute atomic E-state index is 0.0214. The molecule has 0 atom stereocenters. The van der Waals surface area contributed by atoms with E-state index >= 15 is 0 Å². The number of carbonyl (C=O) groups excluding carboxylic acids is 1. The van der Waals surface area contributed by atoms with Crippen molar-refractivity contribution in [1.29, 1.82) is 0 Å². The predicted molar refractivity (Wildman–Crippen MR) is 87.1 cm³/mol. The van der Waals surface area contributed by atoms with E-state index in [2.05, 4.69) is 10.2 Å². The molecule has 0 fully saturated rings. The number of benzene rings is 1. The first-order valence-electron chi connectivity index (χ1n) is 7.80. The highest BCUT2D eigenvalue weighted by Crippen LogP contribution is 2.37. The molecule has 0 radical (unpaired) electrons. The molecule has 3 rings (SSSR count). The summed E-state index contributed by atoms with van der Waals surface area (Å²) in [4.78, 5) is 22.3. The van der Waals surface area contributed by atoms with E-state index < -0.39 is 41.6 Å². The van der Waals surface area contributed by atoms with Gasteiger partial charge in [0.25, 0.3) is 24.4 Å². The lowest BCUT2D eigenvalue weighted by atomic mass is 10.1. The fraction of sp³-hybridized carbons (Fsp3) is 0.267. The largest absolute Gasteiger partial charge is 0.454 e. The van der Waals surface area contributed by atoms with E-state index in [0.29, 0.717) is 10.7 Å². The maximum absolute atomic E-state index is 12.9. The summed E-state index contributed by atoms with van der Waals surface area (Å²) < 4.78 is 61.6. The van der Waals surface area contributed by atoms with Crippen molar-refractivity contribution in [3.8, 4) is 11.5 Å². The van der Waals surface area contributed by atoms with Gasteiger partial charge in [-0.25, -0.2) is 23.0 Å². The molecule has 1 N–H and O–H groups in total. The van der Waals surface area contributed by atoms with Crippen molar-refractivity contribution in [3.63, 3.8) is 0 Å². The summed E-state index contributed by atoms with van der Waals surface area (Å²) in [6, 6.07) is 2.89. The highest BCUT2D eigenvalue weighted by Gasteiger charge is 2.23. The molecule has 0 saturated carbocycles. The van der Waals surface area contributed by atoms with Gasteiger partial charge >= 0.3 is 0 Å². The second kappa shape index (κ2) is 8.12. The minimum atomic E-state index is -3.12. The summed E-state index contributed by atoms with van der Waals surface area (Å²) in [5.41, 5.74) is -0.186. The Balaban J connectivity index is 1.72. The van der Waals surface area contributed by atoms with Gasteiger partial charge in [0.1, 0.15) is 17.9 Å². The highest BCUT2D eigenvalue weighted by molar-refractivity contribution is 5.88. The van der Waals surface area contributed by atoms with Crippen LogP contribution in [-0.2, 0) is 11.3 Å². The van der Waals surface area contributed by atoms with Gasteiger partial charge in [-0.1, -0.05) is 0 Å². The monoisotopic (exact) mass is 417 g/mol. The van der Waals surface area contributed by atoms with Crippen LogP contribution in [0.1, 0.15) is 29.8 Å². The molecule has 0 unspecified atom stereocenters. The Bertz CT molecular complexity index is 978. The Morgan fingerprint density at radius 3 is 2.59 bits per heavy atom. The van der Waals surface area contributed by atoms with Crippen LogP contribution in [0.2, 0.25) is 0 Å². The Morgan fingerprint density at radius 1 is 1.28 bits per heavy atom. The zero-order valence-corrected chi connectivity index (χ0v) is 14.2. The quantitative estimate of drug-likeness (QED) is 0.320. The Hall–Kier alpha value is -3.71. The van der Waals surface area contributed by atoms with Gasteiger partial charge in [-0.2, -0.15) is 10.2 Å². The number of hydrogen-bond acceptors (Lipinski definition) is 7. The van der Waals surface area contributed by atoms with Crippen LogP contribution >= 0.6 is 0 Å². The molecule has 2 heterocycles. The molecular weight excluding hydrogens is 406 g/mol. The van der Waals surface area contributed by atoms with Gasteiger partial charge in [-0.15, -0.1) is 0 Å². The van der Waals surface area contributed by atoms with Crippen LogP contribution in [0.5, 0.6) is 11.5 Å². The molecule has 1 aromatic carbocycles. The van der Waals surface area contributed by atoms with E-state index in [-0.39, 0.29) is 29.5 Å². The number of hydrazone groups is 1. The van der Waals surface area contributed by atoms with Crippen LogP contribution < -0.4 is 14.9 Å². The van der Waals surface area contributed by atoms with Crippen molar-refractivity contribution in [2.45, 2.75) is 19.4 Å². The maximum atomic E-state index is 12.9. The zero-order valence-electron chi connectivity index (χ0n) is 14.2.